The van der Waals surface area contributed by atoms with Gasteiger partial charge in [-0.15, -0.1) is 11.3 Å². The van der Waals surface area contributed by atoms with Crippen molar-refractivity contribution in [1.82, 2.24) is 4.98 Å². The van der Waals surface area contributed by atoms with Crippen LogP contribution in [0.2, 0.25) is 0 Å². The molecule has 1 aliphatic heterocycles. The van der Waals surface area contributed by atoms with Gasteiger partial charge in [-0.2, -0.15) is 0 Å². The van der Waals surface area contributed by atoms with Gasteiger partial charge in [-0.05, 0) is 38.1 Å². The van der Waals surface area contributed by atoms with Gasteiger partial charge in [-0.1, -0.05) is 30.3 Å². The van der Waals surface area contributed by atoms with E-state index in [4.69, 9.17) is 4.42 Å². The molecule has 1 atom stereocenters. The van der Waals surface area contributed by atoms with E-state index in [9.17, 15) is 23.5 Å². The summed E-state index contributed by atoms with van der Waals surface area (Å²) in [6.45, 7) is 3.32. The van der Waals surface area contributed by atoms with Crippen molar-refractivity contribution in [2.24, 2.45) is 0 Å². The van der Waals surface area contributed by atoms with Crippen molar-refractivity contribution in [3.05, 3.63) is 106 Å². The van der Waals surface area contributed by atoms with E-state index < -0.39 is 40.8 Å². The molecule has 0 saturated carbocycles. The molecule has 5 rings (SSSR count). The van der Waals surface area contributed by atoms with Gasteiger partial charge in [0.1, 0.15) is 34.2 Å². The number of anilines is 1. The van der Waals surface area contributed by atoms with Crippen LogP contribution in [-0.2, 0) is 4.79 Å². The summed E-state index contributed by atoms with van der Waals surface area (Å²) in [6.07, 6.45) is 0. The van der Waals surface area contributed by atoms with Crippen molar-refractivity contribution < 1.29 is 27.9 Å². The highest BCUT2D eigenvalue weighted by atomic mass is 32.1. The number of hydrogen-bond donors (Lipinski definition) is 1. The van der Waals surface area contributed by atoms with E-state index >= 15 is 0 Å². The van der Waals surface area contributed by atoms with Crippen LogP contribution in [0.15, 0.2) is 76.4 Å². The van der Waals surface area contributed by atoms with Crippen LogP contribution in [0.1, 0.15) is 32.9 Å². The van der Waals surface area contributed by atoms with E-state index in [1.54, 1.807) is 19.9 Å². The highest BCUT2D eigenvalue weighted by Crippen LogP contribution is 2.44. The standard InChI is InChI=1S/C26H18F2N2O4S/c1-13-8-11-19(34-13)21-20(23(32)26(33)30(21)18-12-16(27)9-10-17(18)28)22(31)24-14(2)29-25(35-24)15-6-4-3-5-7-15/h3-12,21,32H,1-2H3. The van der Waals surface area contributed by atoms with E-state index in [2.05, 4.69) is 4.98 Å². The molecule has 4 aromatic rings. The number of carbonyl (C=O) groups is 2. The Bertz CT molecular complexity index is 1510. The minimum atomic E-state index is -1.30. The average molecular weight is 493 g/mol. The molecule has 0 bridgehead atoms. The van der Waals surface area contributed by atoms with Crippen molar-refractivity contribution in [1.29, 1.82) is 0 Å². The van der Waals surface area contributed by atoms with Gasteiger partial charge in [0, 0.05) is 11.6 Å². The third kappa shape index (κ3) is 3.83. The lowest BCUT2D eigenvalue weighted by Gasteiger charge is -2.25. The molecule has 3 heterocycles. The molecular weight excluding hydrogens is 474 g/mol. The normalized spacial score (nSPS) is 15.8. The molecule has 1 aliphatic rings. The van der Waals surface area contributed by atoms with Gasteiger partial charge >= 0.3 is 0 Å². The lowest BCUT2D eigenvalue weighted by molar-refractivity contribution is -0.117. The molecule has 9 heteroatoms. The van der Waals surface area contributed by atoms with E-state index in [0.717, 1.165) is 40.0 Å². The maximum absolute atomic E-state index is 14.7. The number of aliphatic hydroxyl groups is 1. The fourth-order valence-corrected chi connectivity index (χ4v) is 5.09. The van der Waals surface area contributed by atoms with Crippen molar-refractivity contribution in [3.8, 4) is 10.6 Å². The zero-order chi connectivity index (χ0) is 24.9. The zero-order valence-electron chi connectivity index (χ0n) is 18.6. The maximum atomic E-state index is 14.7. The molecule has 2 aromatic carbocycles. The summed E-state index contributed by atoms with van der Waals surface area (Å²) < 4.78 is 34.4. The molecule has 1 unspecified atom stereocenters. The highest BCUT2D eigenvalue weighted by molar-refractivity contribution is 7.17. The molecule has 35 heavy (non-hydrogen) atoms. The third-order valence-corrected chi connectivity index (χ3v) is 6.88. The van der Waals surface area contributed by atoms with Gasteiger partial charge in [-0.25, -0.2) is 13.8 Å². The van der Waals surface area contributed by atoms with Crippen molar-refractivity contribution in [3.63, 3.8) is 0 Å². The third-order valence-electron chi connectivity index (χ3n) is 5.67. The number of halogens is 2. The number of aryl methyl sites for hydroxylation is 2. The Balaban J connectivity index is 1.65. The molecule has 1 amide bonds. The smallest absolute Gasteiger partial charge is 0.294 e. The second-order valence-electron chi connectivity index (χ2n) is 8.01. The summed E-state index contributed by atoms with van der Waals surface area (Å²) in [4.78, 5) is 32.4. The summed E-state index contributed by atoms with van der Waals surface area (Å²) in [7, 11) is 0. The first-order valence-corrected chi connectivity index (χ1v) is 11.4. The first-order valence-electron chi connectivity index (χ1n) is 10.6. The summed E-state index contributed by atoms with van der Waals surface area (Å²) in [5.41, 5.74) is 0.507. The minimum Gasteiger partial charge on any atom is -0.503 e. The molecule has 176 valence electrons. The van der Waals surface area contributed by atoms with Gasteiger partial charge in [0.25, 0.3) is 5.91 Å². The molecule has 0 aliphatic carbocycles. The predicted octanol–water partition coefficient (Wildman–Crippen LogP) is 6.08. The van der Waals surface area contributed by atoms with Crippen LogP contribution in [0.5, 0.6) is 0 Å². The van der Waals surface area contributed by atoms with Crippen molar-refractivity contribution >= 4 is 28.7 Å². The second-order valence-corrected chi connectivity index (χ2v) is 9.01. The number of benzene rings is 2. The monoisotopic (exact) mass is 492 g/mol. The maximum Gasteiger partial charge on any atom is 0.294 e. The van der Waals surface area contributed by atoms with Crippen LogP contribution in [-0.4, -0.2) is 21.8 Å². The molecule has 0 spiro atoms. The van der Waals surface area contributed by atoms with Crippen LogP contribution < -0.4 is 4.90 Å². The molecule has 1 N–H and O–H groups in total. The van der Waals surface area contributed by atoms with Gasteiger partial charge in [0.05, 0.1) is 21.8 Å². The molecule has 2 aromatic heterocycles. The molecule has 0 radical (unpaired) electrons. The lowest BCUT2D eigenvalue weighted by atomic mass is 9.99. The van der Waals surface area contributed by atoms with E-state index in [0.29, 0.717) is 16.5 Å². The Kier molecular flexibility index (Phi) is 5.56. The topological polar surface area (TPSA) is 83.6 Å². The number of furan rings is 1. The summed E-state index contributed by atoms with van der Waals surface area (Å²) in [5.74, 6) is -3.62. The fraction of sp³-hybridized carbons (Fsp3) is 0.115. The Hall–Kier alpha value is -4.11. The van der Waals surface area contributed by atoms with Crippen LogP contribution in [0.25, 0.3) is 10.6 Å². The van der Waals surface area contributed by atoms with Gasteiger partial charge < -0.3 is 9.52 Å². The minimum absolute atomic E-state index is 0.123. The highest BCUT2D eigenvalue weighted by Gasteiger charge is 2.47. The Morgan fingerprint density at radius 2 is 1.83 bits per heavy atom. The van der Waals surface area contributed by atoms with Crippen LogP contribution >= 0.6 is 11.3 Å². The van der Waals surface area contributed by atoms with E-state index in [1.165, 1.54) is 6.07 Å². The number of hydrogen-bond acceptors (Lipinski definition) is 6. The quantitative estimate of drug-likeness (QED) is 0.341. The summed E-state index contributed by atoms with van der Waals surface area (Å²) in [6, 6.07) is 13.7. The van der Waals surface area contributed by atoms with Gasteiger partial charge in [0.2, 0.25) is 5.78 Å². The number of ketones is 1. The Morgan fingerprint density at radius 1 is 1.09 bits per heavy atom. The van der Waals surface area contributed by atoms with Crippen LogP contribution in [0.4, 0.5) is 14.5 Å². The molecule has 0 fully saturated rings. The number of aromatic nitrogens is 1. The van der Waals surface area contributed by atoms with Crippen molar-refractivity contribution in [2.75, 3.05) is 4.90 Å². The number of Topliss-reactive ketones (excluding diaryl/α,β-unsaturated/α-hetero) is 1. The molecule has 0 saturated heterocycles. The Morgan fingerprint density at radius 3 is 2.51 bits per heavy atom. The predicted molar refractivity (Wildman–Crippen MR) is 126 cm³/mol. The van der Waals surface area contributed by atoms with Crippen LogP contribution in [0.3, 0.4) is 0 Å². The first kappa shape index (κ1) is 22.7. The number of thiazole rings is 1. The average Bonchev–Trinajstić information content (AvgIpc) is 3.52. The zero-order valence-corrected chi connectivity index (χ0v) is 19.4. The van der Waals surface area contributed by atoms with E-state index in [-0.39, 0.29) is 16.2 Å². The fourth-order valence-electron chi connectivity index (χ4n) is 4.06. The number of amides is 1. The van der Waals surface area contributed by atoms with E-state index in [1.807, 2.05) is 30.3 Å². The number of rotatable bonds is 5. The Labute approximate surface area is 202 Å². The van der Waals surface area contributed by atoms with Crippen molar-refractivity contribution in [2.45, 2.75) is 19.9 Å². The molecule has 6 nitrogen and oxygen atoms in total. The first-order chi connectivity index (χ1) is 16.8. The number of nitrogens with zero attached hydrogens (tertiary/aromatic N) is 2. The number of aliphatic hydroxyl groups excluding tert-OH is 1. The second kappa shape index (κ2) is 8.59. The molecular formula is C26H18F2N2O4S. The number of carbonyl (C=O) groups excluding carboxylic acids is 2. The van der Waals surface area contributed by atoms with Gasteiger partial charge in [-0.3, -0.25) is 14.5 Å². The lowest BCUT2D eigenvalue weighted by Crippen LogP contribution is -2.31. The summed E-state index contributed by atoms with van der Waals surface area (Å²) in [5, 5.41) is 11.4. The summed E-state index contributed by atoms with van der Waals surface area (Å²) >= 11 is 1.12. The SMILES string of the molecule is Cc1ccc(C2C(C(=O)c3sc(-c4ccccc4)nc3C)=C(O)C(=O)N2c2cc(F)ccc2F)o1. The largest absolute Gasteiger partial charge is 0.503 e. The van der Waals surface area contributed by atoms with Crippen LogP contribution in [0, 0.1) is 25.5 Å². The van der Waals surface area contributed by atoms with Gasteiger partial charge in [0.15, 0.2) is 5.76 Å².